The number of nitrogens with one attached hydrogen (secondary N) is 1. The Labute approximate surface area is 126 Å². The first-order valence-electron chi connectivity index (χ1n) is 7.61. The molecule has 6 nitrogen and oxygen atoms in total. The maximum atomic E-state index is 11.8. The largest absolute Gasteiger partial charge is 0.480 e. The highest BCUT2D eigenvalue weighted by Crippen LogP contribution is 2.06. The smallest absolute Gasteiger partial charge is 0.326 e. The van der Waals surface area contributed by atoms with Crippen LogP contribution in [0.15, 0.2) is 0 Å². The van der Waals surface area contributed by atoms with Crippen LogP contribution in [0, 0.1) is 5.92 Å². The SMILES string of the molecule is CCN(CC)C(=O)CCCC(=O)N[C@@H](CC(C)C)C(=O)O. The molecule has 0 unspecified atom stereocenters. The fraction of sp³-hybridized carbons (Fsp3) is 0.800. The molecular formula is C15H28N2O4. The fourth-order valence-electron chi connectivity index (χ4n) is 2.09. The predicted octanol–water partition coefficient (Wildman–Crippen LogP) is 1.64. The van der Waals surface area contributed by atoms with Crippen molar-refractivity contribution in [3.05, 3.63) is 0 Å². The monoisotopic (exact) mass is 300 g/mol. The van der Waals surface area contributed by atoms with Gasteiger partial charge in [-0.1, -0.05) is 13.8 Å². The zero-order chi connectivity index (χ0) is 16.4. The Morgan fingerprint density at radius 1 is 1.10 bits per heavy atom. The van der Waals surface area contributed by atoms with Gasteiger partial charge in [0, 0.05) is 25.9 Å². The van der Waals surface area contributed by atoms with Crippen molar-refractivity contribution in [2.45, 2.75) is 59.4 Å². The molecular weight excluding hydrogens is 272 g/mol. The molecule has 0 spiro atoms. The van der Waals surface area contributed by atoms with Crippen LogP contribution in [0.4, 0.5) is 0 Å². The van der Waals surface area contributed by atoms with Crippen molar-refractivity contribution < 1.29 is 19.5 Å². The van der Waals surface area contributed by atoms with Gasteiger partial charge < -0.3 is 15.3 Å². The molecule has 1 atom stereocenters. The van der Waals surface area contributed by atoms with Gasteiger partial charge in [0.25, 0.3) is 0 Å². The van der Waals surface area contributed by atoms with Gasteiger partial charge in [-0.05, 0) is 32.6 Å². The zero-order valence-corrected chi connectivity index (χ0v) is 13.5. The number of carbonyl (C=O) groups is 3. The van der Waals surface area contributed by atoms with Gasteiger partial charge in [0.05, 0.1) is 0 Å². The minimum Gasteiger partial charge on any atom is -0.480 e. The summed E-state index contributed by atoms with van der Waals surface area (Å²) < 4.78 is 0. The van der Waals surface area contributed by atoms with Crippen LogP contribution in [0.25, 0.3) is 0 Å². The Morgan fingerprint density at radius 2 is 1.67 bits per heavy atom. The lowest BCUT2D eigenvalue weighted by molar-refractivity contribution is -0.142. The van der Waals surface area contributed by atoms with E-state index in [1.807, 2.05) is 27.7 Å². The predicted molar refractivity (Wildman–Crippen MR) is 80.8 cm³/mol. The number of amides is 2. The summed E-state index contributed by atoms with van der Waals surface area (Å²) in [6.07, 6.45) is 1.33. The normalized spacial score (nSPS) is 12.0. The molecule has 0 aliphatic rings. The van der Waals surface area contributed by atoms with E-state index in [0.29, 0.717) is 32.4 Å². The van der Waals surface area contributed by atoms with Crippen molar-refractivity contribution >= 4 is 17.8 Å². The molecule has 0 radical (unpaired) electrons. The molecule has 2 N–H and O–H groups in total. The van der Waals surface area contributed by atoms with E-state index in [1.54, 1.807) is 4.90 Å². The molecule has 21 heavy (non-hydrogen) atoms. The fourth-order valence-corrected chi connectivity index (χ4v) is 2.09. The first-order chi connectivity index (χ1) is 9.81. The van der Waals surface area contributed by atoms with Crippen molar-refractivity contribution in [2.24, 2.45) is 5.92 Å². The molecule has 0 heterocycles. The van der Waals surface area contributed by atoms with E-state index >= 15 is 0 Å². The molecule has 0 aromatic rings. The van der Waals surface area contributed by atoms with Gasteiger partial charge in [-0.25, -0.2) is 4.79 Å². The molecule has 0 fully saturated rings. The second-order valence-electron chi connectivity index (χ2n) is 5.51. The average Bonchev–Trinajstić information content (AvgIpc) is 2.38. The number of rotatable bonds is 10. The number of carbonyl (C=O) groups excluding carboxylic acids is 2. The summed E-state index contributed by atoms with van der Waals surface area (Å²) in [6.45, 7) is 8.97. The third-order valence-electron chi connectivity index (χ3n) is 3.25. The summed E-state index contributed by atoms with van der Waals surface area (Å²) >= 11 is 0. The molecule has 0 rings (SSSR count). The second kappa shape index (κ2) is 10.2. The van der Waals surface area contributed by atoms with E-state index in [-0.39, 0.29) is 24.2 Å². The van der Waals surface area contributed by atoms with Crippen LogP contribution in [0.5, 0.6) is 0 Å². The van der Waals surface area contributed by atoms with E-state index in [9.17, 15) is 14.4 Å². The molecule has 0 saturated carbocycles. The molecule has 0 aliphatic heterocycles. The first-order valence-corrected chi connectivity index (χ1v) is 7.61. The van der Waals surface area contributed by atoms with Crippen molar-refractivity contribution in [1.29, 1.82) is 0 Å². The summed E-state index contributed by atoms with van der Waals surface area (Å²) in [5.41, 5.74) is 0. The quantitative estimate of drug-likeness (QED) is 0.642. The molecule has 0 bridgehead atoms. The summed E-state index contributed by atoms with van der Waals surface area (Å²) in [6, 6.07) is -0.851. The van der Waals surface area contributed by atoms with Crippen LogP contribution >= 0.6 is 0 Å². The summed E-state index contributed by atoms with van der Waals surface area (Å²) in [4.78, 5) is 36.3. The average molecular weight is 300 g/mol. The minimum absolute atomic E-state index is 0.0322. The van der Waals surface area contributed by atoms with E-state index < -0.39 is 12.0 Å². The van der Waals surface area contributed by atoms with E-state index in [4.69, 9.17) is 5.11 Å². The van der Waals surface area contributed by atoms with Gasteiger partial charge in [0.15, 0.2) is 0 Å². The minimum atomic E-state index is -1.02. The van der Waals surface area contributed by atoms with Gasteiger partial charge in [-0.15, -0.1) is 0 Å². The number of hydrogen-bond donors (Lipinski definition) is 2. The van der Waals surface area contributed by atoms with Crippen LogP contribution in [0.2, 0.25) is 0 Å². The molecule has 0 aliphatic carbocycles. The highest BCUT2D eigenvalue weighted by Gasteiger charge is 2.21. The summed E-state index contributed by atoms with van der Waals surface area (Å²) in [7, 11) is 0. The van der Waals surface area contributed by atoms with Crippen LogP contribution in [0.3, 0.4) is 0 Å². The number of carboxylic acid groups (broad SMARTS) is 1. The van der Waals surface area contributed by atoms with E-state index in [0.717, 1.165) is 0 Å². The van der Waals surface area contributed by atoms with Crippen LogP contribution in [-0.4, -0.2) is 46.9 Å². The molecule has 0 aromatic heterocycles. The third-order valence-corrected chi connectivity index (χ3v) is 3.25. The topological polar surface area (TPSA) is 86.7 Å². The Bertz CT molecular complexity index is 352. The number of aliphatic carboxylic acids is 1. The maximum absolute atomic E-state index is 11.8. The van der Waals surface area contributed by atoms with Crippen LogP contribution in [0.1, 0.15) is 53.4 Å². The Morgan fingerprint density at radius 3 is 2.10 bits per heavy atom. The Kier molecular flexibility index (Phi) is 9.41. The Hall–Kier alpha value is -1.59. The molecule has 0 aromatic carbocycles. The van der Waals surface area contributed by atoms with Gasteiger partial charge in [-0.2, -0.15) is 0 Å². The van der Waals surface area contributed by atoms with Gasteiger partial charge in [0.2, 0.25) is 11.8 Å². The highest BCUT2D eigenvalue weighted by molar-refractivity contribution is 5.84. The van der Waals surface area contributed by atoms with E-state index in [2.05, 4.69) is 5.32 Å². The highest BCUT2D eigenvalue weighted by atomic mass is 16.4. The standard InChI is InChI=1S/C15H28N2O4/c1-5-17(6-2)14(19)9-7-8-13(18)16-12(15(20)21)10-11(3)4/h11-12H,5-10H2,1-4H3,(H,16,18)(H,20,21)/t12-/m0/s1. The lowest BCUT2D eigenvalue weighted by Gasteiger charge is -2.19. The lowest BCUT2D eigenvalue weighted by atomic mass is 10.0. The first kappa shape index (κ1) is 19.4. The summed E-state index contributed by atoms with van der Waals surface area (Å²) in [5, 5.41) is 11.6. The number of nitrogens with zero attached hydrogens (tertiary/aromatic N) is 1. The lowest BCUT2D eigenvalue weighted by Crippen LogP contribution is -2.41. The van der Waals surface area contributed by atoms with Gasteiger partial charge in [0.1, 0.15) is 6.04 Å². The van der Waals surface area contributed by atoms with Crippen molar-refractivity contribution in [2.75, 3.05) is 13.1 Å². The van der Waals surface area contributed by atoms with Crippen LogP contribution in [-0.2, 0) is 14.4 Å². The summed E-state index contributed by atoms with van der Waals surface area (Å²) in [5.74, 6) is -1.10. The zero-order valence-electron chi connectivity index (χ0n) is 13.5. The maximum Gasteiger partial charge on any atom is 0.326 e. The second-order valence-corrected chi connectivity index (χ2v) is 5.51. The molecule has 2 amide bonds. The molecule has 6 heteroatoms. The van der Waals surface area contributed by atoms with Crippen molar-refractivity contribution in [3.8, 4) is 0 Å². The number of carboxylic acids is 1. The third kappa shape index (κ3) is 8.32. The Balaban J connectivity index is 4.14. The molecule has 0 saturated heterocycles. The van der Waals surface area contributed by atoms with Gasteiger partial charge >= 0.3 is 5.97 Å². The molecule has 122 valence electrons. The number of hydrogen-bond acceptors (Lipinski definition) is 3. The van der Waals surface area contributed by atoms with Crippen molar-refractivity contribution in [3.63, 3.8) is 0 Å². The van der Waals surface area contributed by atoms with Crippen molar-refractivity contribution in [1.82, 2.24) is 10.2 Å². The van der Waals surface area contributed by atoms with E-state index in [1.165, 1.54) is 0 Å². The van der Waals surface area contributed by atoms with Gasteiger partial charge in [-0.3, -0.25) is 9.59 Å². The van der Waals surface area contributed by atoms with Crippen LogP contribution < -0.4 is 5.32 Å².